The summed E-state index contributed by atoms with van der Waals surface area (Å²) in [6.07, 6.45) is -1.68. The van der Waals surface area contributed by atoms with Crippen LogP contribution in [0.4, 0.5) is 4.79 Å². The van der Waals surface area contributed by atoms with Crippen molar-refractivity contribution in [1.82, 2.24) is 21.5 Å². The topological polar surface area (TPSA) is 106 Å². The Morgan fingerprint density at radius 3 is 2.39 bits per heavy atom. The molecule has 0 aromatic rings. The van der Waals surface area contributed by atoms with E-state index >= 15 is 0 Å². The molecule has 3 unspecified atom stereocenters. The molecule has 0 aromatic heterocycles. The Morgan fingerprint density at radius 1 is 1.33 bits per heavy atom. The second kappa shape index (κ2) is 6.03. The van der Waals surface area contributed by atoms with Gasteiger partial charge in [-0.05, 0) is 27.7 Å². The molecule has 1 rings (SSSR count). The molecule has 1 fully saturated rings. The molecule has 7 heteroatoms. The maximum absolute atomic E-state index is 11.4. The summed E-state index contributed by atoms with van der Waals surface area (Å²) in [7, 11) is 0. The third kappa shape index (κ3) is 3.59. The molecule has 1 aliphatic heterocycles. The summed E-state index contributed by atoms with van der Waals surface area (Å²) < 4.78 is 0. The summed E-state index contributed by atoms with van der Waals surface area (Å²) in [5, 5.41) is 25.0. The zero-order valence-electron chi connectivity index (χ0n) is 11.1. The lowest BCUT2D eigenvalue weighted by Gasteiger charge is -2.16. The van der Waals surface area contributed by atoms with E-state index in [4.69, 9.17) is 0 Å². The minimum Gasteiger partial charge on any atom is -0.387 e. The van der Waals surface area contributed by atoms with Crippen LogP contribution < -0.4 is 21.5 Å². The third-order valence-corrected chi connectivity index (χ3v) is 2.72. The van der Waals surface area contributed by atoms with Crippen molar-refractivity contribution in [3.63, 3.8) is 0 Å². The number of nitrogens with one attached hydrogen (secondary N) is 4. The fourth-order valence-electron chi connectivity index (χ4n) is 1.81. The van der Waals surface area contributed by atoms with Gasteiger partial charge in [0.05, 0.1) is 6.10 Å². The van der Waals surface area contributed by atoms with Gasteiger partial charge >= 0.3 is 6.03 Å². The number of aliphatic hydroxyl groups is 2. The van der Waals surface area contributed by atoms with Gasteiger partial charge in [-0.2, -0.15) is 0 Å². The number of hydrazine groups is 1. The molecule has 18 heavy (non-hydrogen) atoms. The molecular weight excluding hydrogens is 236 g/mol. The summed E-state index contributed by atoms with van der Waals surface area (Å²) in [6, 6.07) is -0.562. The van der Waals surface area contributed by atoms with Crippen LogP contribution in [0.1, 0.15) is 27.7 Å². The van der Waals surface area contributed by atoms with E-state index in [-0.39, 0.29) is 18.1 Å². The highest BCUT2D eigenvalue weighted by atomic mass is 16.3. The van der Waals surface area contributed by atoms with Crippen molar-refractivity contribution in [3.8, 4) is 0 Å². The number of rotatable bonds is 3. The fourth-order valence-corrected chi connectivity index (χ4v) is 1.81. The van der Waals surface area contributed by atoms with Crippen LogP contribution in [0.2, 0.25) is 0 Å². The largest absolute Gasteiger partial charge is 0.387 e. The van der Waals surface area contributed by atoms with Crippen molar-refractivity contribution in [3.05, 3.63) is 11.3 Å². The number of aliphatic hydroxyl groups excluding tert-OH is 2. The molecule has 3 atom stereocenters. The summed E-state index contributed by atoms with van der Waals surface area (Å²) >= 11 is 0. The van der Waals surface area contributed by atoms with Crippen molar-refractivity contribution >= 4 is 6.03 Å². The van der Waals surface area contributed by atoms with E-state index in [1.165, 1.54) is 0 Å². The predicted octanol–water partition coefficient (Wildman–Crippen LogP) is -0.856. The summed E-state index contributed by atoms with van der Waals surface area (Å²) in [5.74, 6) is 0. The maximum atomic E-state index is 11.4. The zero-order valence-corrected chi connectivity index (χ0v) is 11.1. The van der Waals surface area contributed by atoms with Crippen LogP contribution in [0.3, 0.4) is 0 Å². The van der Waals surface area contributed by atoms with Crippen LogP contribution in [-0.4, -0.2) is 40.7 Å². The van der Waals surface area contributed by atoms with Gasteiger partial charge in [0.1, 0.15) is 6.23 Å². The highest BCUT2D eigenvalue weighted by Gasteiger charge is 2.34. The van der Waals surface area contributed by atoms with Gasteiger partial charge in [-0.1, -0.05) is 0 Å². The van der Waals surface area contributed by atoms with Gasteiger partial charge in [-0.15, -0.1) is 0 Å². The van der Waals surface area contributed by atoms with Crippen molar-refractivity contribution in [2.75, 3.05) is 0 Å². The average Bonchev–Trinajstić information content (AvgIpc) is 2.49. The maximum Gasteiger partial charge on any atom is 0.333 e. The molecule has 104 valence electrons. The van der Waals surface area contributed by atoms with Crippen LogP contribution in [0.5, 0.6) is 0 Å². The summed E-state index contributed by atoms with van der Waals surface area (Å²) in [5.41, 5.74) is 6.06. The number of urea groups is 1. The quantitative estimate of drug-likeness (QED) is 0.370. The molecular formula is C11H22N4O3. The monoisotopic (exact) mass is 258 g/mol. The Kier molecular flexibility index (Phi) is 4.94. The lowest BCUT2D eigenvalue weighted by molar-refractivity contribution is 0.184. The molecule has 0 bridgehead atoms. The molecule has 0 radical (unpaired) electrons. The van der Waals surface area contributed by atoms with Gasteiger partial charge in [0, 0.05) is 23.4 Å². The van der Waals surface area contributed by atoms with Crippen LogP contribution in [-0.2, 0) is 0 Å². The second-order valence-corrected chi connectivity index (χ2v) is 4.76. The summed E-state index contributed by atoms with van der Waals surface area (Å²) in [6.45, 7) is 7.15. The first kappa shape index (κ1) is 14.7. The first-order valence-corrected chi connectivity index (χ1v) is 5.98. The third-order valence-electron chi connectivity index (χ3n) is 2.72. The van der Waals surface area contributed by atoms with Crippen molar-refractivity contribution in [2.24, 2.45) is 0 Å². The standard InChI is InChI=1S/C11H22N4O3/c1-5(2)12-11(18)15-14-6(3)8-9(16)7(4)13-10(8)17/h5,7,9-10,13-14,16-17H,1-4H3,(H2,12,15,18)/b8-6+. The minimum absolute atomic E-state index is 0.0316. The Morgan fingerprint density at radius 2 is 1.94 bits per heavy atom. The molecule has 6 N–H and O–H groups in total. The van der Waals surface area contributed by atoms with Gasteiger partial charge < -0.3 is 21.0 Å². The molecule has 7 nitrogen and oxygen atoms in total. The van der Waals surface area contributed by atoms with Gasteiger partial charge in [0.2, 0.25) is 0 Å². The molecule has 0 aromatic carbocycles. The van der Waals surface area contributed by atoms with Gasteiger partial charge in [-0.3, -0.25) is 10.7 Å². The van der Waals surface area contributed by atoms with Crippen molar-refractivity contribution in [2.45, 2.75) is 52.1 Å². The smallest absolute Gasteiger partial charge is 0.333 e. The van der Waals surface area contributed by atoms with E-state index in [9.17, 15) is 15.0 Å². The van der Waals surface area contributed by atoms with Gasteiger partial charge in [-0.25, -0.2) is 4.79 Å². The van der Waals surface area contributed by atoms with Crippen molar-refractivity contribution in [1.29, 1.82) is 0 Å². The van der Waals surface area contributed by atoms with E-state index in [1.54, 1.807) is 13.8 Å². The molecule has 2 amide bonds. The SMILES string of the molecule is C/C(NNC(=O)NC(C)C)=C1\C(O)NC(C)C1O. The molecule has 1 heterocycles. The zero-order chi connectivity index (χ0) is 13.9. The Labute approximate surface area is 107 Å². The van der Waals surface area contributed by atoms with E-state index in [0.29, 0.717) is 11.3 Å². The number of carbonyl (C=O) groups excluding carboxylic acids is 1. The first-order valence-electron chi connectivity index (χ1n) is 5.98. The second-order valence-electron chi connectivity index (χ2n) is 4.76. The number of carbonyl (C=O) groups is 1. The van der Waals surface area contributed by atoms with E-state index in [0.717, 1.165) is 0 Å². The normalized spacial score (nSPS) is 30.3. The Hall–Kier alpha value is -1.31. The Balaban J connectivity index is 2.58. The number of hydrogen-bond acceptors (Lipinski definition) is 5. The number of hydrogen-bond donors (Lipinski definition) is 6. The summed E-state index contributed by atoms with van der Waals surface area (Å²) in [4.78, 5) is 11.4. The van der Waals surface area contributed by atoms with Crippen LogP contribution in [0.25, 0.3) is 0 Å². The molecule has 0 aliphatic carbocycles. The molecule has 1 saturated heterocycles. The van der Waals surface area contributed by atoms with E-state index < -0.39 is 12.3 Å². The molecule has 0 saturated carbocycles. The number of amides is 2. The van der Waals surface area contributed by atoms with Gasteiger partial charge in [0.15, 0.2) is 0 Å². The highest BCUT2D eigenvalue weighted by molar-refractivity contribution is 5.73. The number of allylic oxidation sites excluding steroid dienone is 1. The van der Waals surface area contributed by atoms with Crippen LogP contribution in [0, 0.1) is 0 Å². The van der Waals surface area contributed by atoms with Crippen LogP contribution >= 0.6 is 0 Å². The van der Waals surface area contributed by atoms with Crippen molar-refractivity contribution < 1.29 is 15.0 Å². The fraction of sp³-hybridized carbons (Fsp3) is 0.727. The van der Waals surface area contributed by atoms with Crippen LogP contribution in [0.15, 0.2) is 11.3 Å². The predicted molar refractivity (Wildman–Crippen MR) is 67.3 cm³/mol. The van der Waals surface area contributed by atoms with E-state index in [2.05, 4.69) is 21.5 Å². The van der Waals surface area contributed by atoms with Gasteiger partial charge in [0.25, 0.3) is 0 Å². The minimum atomic E-state index is -0.905. The first-order chi connectivity index (χ1) is 8.32. The Bertz CT molecular complexity index is 343. The lowest BCUT2D eigenvalue weighted by atomic mass is 10.1. The molecule has 1 aliphatic rings. The lowest BCUT2D eigenvalue weighted by Crippen LogP contribution is -2.46. The average molecular weight is 258 g/mol. The highest BCUT2D eigenvalue weighted by Crippen LogP contribution is 2.20. The molecule has 0 spiro atoms. The van der Waals surface area contributed by atoms with E-state index in [1.807, 2.05) is 13.8 Å².